The van der Waals surface area contributed by atoms with E-state index >= 15 is 0 Å². The van der Waals surface area contributed by atoms with Gasteiger partial charge in [0.05, 0.1) is 15.6 Å². The van der Waals surface area contributed by atoms with E-state index in [0.29, 0.717) is 0 Å². The molecule has 1 amide bonds. The van der Waals surface area contributed by atoms with Gasteiger partial charge in [-0.05, 0) is 56.3 Å². The van der Waals surface area contributed by atoms with E-state index in [1.54, 1.807) is 0 Å². The summed E-state index contributed by atoms with van der Waals surface area (Å²) in [6, 6.07) is 8.58. The number of nitrogens with one attached hydrogen (secondary N) is 2. The van der Waals surface area contributed by atoms with Crippen molar-refractivity contribution in [3.63, 3.8) is 0 Å². The van der Waals surface area contributed by atoms with Gasteiger partial charge in [-0.2, -0.15) is 0 Å². The third-order valence-electron chi connectivity index (χ3n) is 3.02. The molecule has 0 aliphatic carbocycles. The first-order valence-corrected chi connectivity index (χ1v) is 8.94. The molecule has 0 bridgehead atoms. The van der Waals surface area contributed by atoms with Crippen LogP contribution in [-0.4, -0.2) is 20.4 Å². The lowest BCUT2D eigenvalue weighted by Gasteiger charge is -2.12. The van der Waals surface area contributed by atoms with Crippen LogP contribution in [0, 0.1) is 5.82 Å². The number of amides is 1. The van der Waals surface area contributed by atoms with Gasteiger partial charge in [0.15, 0.2) is 0 Å². The average molecular weight is 371 g/mol. The SMILES string of the molecule is CC(C)NC(=O)c1ccc(Cl)c(NS(=O)(=O)c2ccc(F)cc2)c1. The topological polar surface area (TPSA) is 75.3 Å². The van der Waals surface area contributed by atoms with Gasteiger partial charge in [0.2, 0.25) is 0 Å². The van der Waals surface area contributed by atoms with E-state index in [9.17, 15) is 17.6 Å². The molecule has 0 heterocycles. The highest BCUT2D eigenvalue weighted by Crippen LogP contribution is 2.26. The molecule has 0 saturated heterocycles. The van der Waals surface area contributed by atoms with Crippen molar-refractivity contribution in [2.75, 3.05) is 4.72 Å². The van der Waals surface area contributed by atoms with Crippen LogP contribution < -0.4 is 10.0 Å². The normalized spacial score (nSPS) is 11.4. The highest BCUT2D eigenvalue weighted by Gasteiger charge is 2.17. The summed E-state index contributed by atoms with van der Waals surface area (Å²) in [6.07, 6.45) is 0. The van der Waals surface area contributed by atoms with Gasteiger partial charge in [-0.3, -0.25) is 9.52 Å². The molecule has 8 heteroatoms. The molecule has 2 rings (SSSR count). The molecule has 5 nitrogen and oxygen atoms in total. The number of sulfonamides is 1. The molecule has 0 aliphatic heterocycles. The first-order valence-electron chi connectivity index (χ1n) is 7.08. The summed E-state index contributed by atoms with van der Waals surface area (Å²) in [7, 11) is -3.95. The molecule has 0 fully saturated rings. The molecular formula is C16H16ClFN2O3S. The summed E-state index contributed by atoms with van der Waals surface area (Å²) in [5.74, 6) is -0.886. The van der Waals surface area contributed by atoms with Crippen molar-refractivity contribution in [2.24, 2.45) is 0 Å². The van der Waals surface area contributed by atoms with Gasteiger partial charge in [0, 0.05) is 11.6 Å². The smallest absolute Gasteiger partial charge is 0.261 e. The van der Waals surface area contributed by atoms with Crippen molar-refractivity contribution < 1.29 is 17.6 Å². The summed E-state index contributed by atoms with van der Waals surface area (Å²) in [6.45, 7) is 3.62. The Morgan fingerprint density at radius 3 is 2.33 bits per heavy atom. The lowest BCUT2D eigenvalue weighted by atomic mass is 10.2. The predicted octanol–water partition coefficient (Wildman–Crippen LogP) is 3.42. The van der Waals surface area contributed by atoms with Crippen LogP contribution in [0.4, 0.5) is 10.1 Å². The molecular weight excluding hydrogens is 355 g/mol. The lowest BCUT2D eigenvalue weighted by Crippen LogP contribution is -2.30. The number of carbonyl (C=O) groups excluding carboxylic acids is 1. The van der Waals surface area contributed by atoms with E-state index in [2.05, 4.69) is 10.0 Å². The largest absolute Gasteiger partial charge is 0.350 e. The lowest BCUT2D eigenvalue weighted by molar-refractivity contribution is 0.0943. The van der Waals surface area contributed by atoms with Gasteiger partial charge in [0.25, 0.3) is 15.9 Å². The van der Waals surface area contributed by atoms with Gasteiger partial charge in [-0.15, -0.1) is 0 Å². The first-order chi connectivity index (χ1) is 11.2. The van der Waals surface area contributed by atoms with E-state index in [0.717, 1.165) is 24.3 Å². The first kappa shape index (κ1) is 18.2. The zero-order valence-corrected chi connectivity index (χ0v) is 14.6. The maximum atomic E-state index is 12.9. The zero-order chi connectivity index (χ0) is 17.9. The summed E-state index contributed by atoms with van der Waals surface area (Å²) in [5, 5.41) is 2.85. The molecule has 0 atom stereocenters. The third kappa shape index (κ3) is 4.46. The van der Waals surface area contributed by atoms with Crippen molar-refractivity contribution in [1.29, 1.82) is 0 Å². The number of hydrogen-bond acceptors (Lipinski definition) is 3. The second kappa shape index (κ2) is 7.19. The van der Waals surface area contributed by atoms with Crippen LogP contribution in [0.25, 0.3) is 0 Å². The maximum Gasteiger partial charge on any atom is 0.261 e. The van der Waals surface area contributed by atoms with Crippen molar-refractivity contribution in [2.45, 2.75) is 24.8 Å². The monoisotopic (exact) mass is 370 g/mol. The van der Waals surface area contributed by atoms with Crippen LogP contribution in [-0.2, 0) is 10.0 Å². The van der Waals surface area contributed by atoms with Gasteiger partial charge in [-0.25, -0.2) is 12.8 Å². The van der Waals surface area contributed by atoms with Crippen molar-refractivity contribution >= 4 is 33.2 Å². The van der Waals surface area contributed by atoms with E-state index in [-0.39, 0.29) is 33.1 Å². The van der Waals surface area contributed by atoms with Crippen LogP contribution in [0.1, 0.15) is 24.2 Å². The molecule has 2 N–H and O–H groups in total. The predicted molar refractivity (Wildman–Crippen MR) is 91.3 cm³/mol. The maximum absolute atomic E-state index is 12.9. The van der Waals surface area contributed by atoms with E-state index < -0.39 is 15.8 Å². The Bertz CT molecular complexity index is 852. The fourth-order valence-electron chi connectivity index (χ4n) is 1.91. The molecule has 0 radical (unpaired) electrons. The van der Waals surface area contributed by atoms with E-state index in [1.807, 2.05) is 13.8 Å². The van der Waals surface area contributed by atoms with Gasteiger partial charge < -0.3 is 5.32 Å². The Labute approximate surface area is 144 Å². The minimum atomic E-state index is -3.95. The quantitative estimate of drug-likeness (QED) is 0.846. The minimum Gasteiger partial charge on any atom is -0.350 e. The van der Waals surface area contributed by atoms with Gasteiger partial charge in [-0.1, -0.05) is 11.6 Å². The third-order valence-corrected chi connectivity index (χ3v) is 4.73. The summed E-state index contributed by atoms with van der Waals surface area (Å²) in [4.78, 5) is 11.9. The Morgan fingerprint density at radius 1 is 1.12 bits per heavy atom. The van der Waals surface area contributed by atoms with Crippen molar-refractivity contribution in [1.82, 2.24) is 5.32 Å². The minimum absolute atomic E-state index is 0.0625. The second-order valence-electron chi connectivity index (χ2n) is 5.38. The summed E-state index contributed by atoms with van der Waals surface area (Å²) >= 11 is 6.01. The van der Waals surface area contributed by atoms with E-state index in [4.69, 9.17) is 11.6 Å². The molecule has 0 aliphatic rings. The molecule has 128 valence electrons. The fraction of sp³-hybridized carbons (Fsp3) is 0.188. The Balaban J connectivity index is 2.31. The average Bonchev–Trinajstić information content (AvgIpc) is 2.49. The summed E-state index contributed by atoms with van der Waals surface area (Å²) < 4.78 is 39.9. The number of rotatable bonds is 5. The molecule has 24 heavy (non-hydrogen) atoms. The Hall–Kier alpha value is -2.12. The van der Waals surface area contributed by atoms with Crippen LogP contribution in [0.2, 0.25) is 5.02 Å². The van der Waals surface area contributed by atoms with Crippen LogP contribution in [0.5, 0.6) is 0 Å². The highest BCUT2D eigenvalue weighted by molar-refractivity contribution is 7.92. The molecule has 0 unspecified atom stereocenters. The van der Waals surface area contributed by atoms with Crippen LogP contribution >= 0.6 is 11.6 Å². The standard InChI is InChI=1S/C16H16ClFN2O3S/c1-10(2)19-16(21)11-3-8-14(17)15(9-11)20-24(22,23)13-6-4-12(18)5-7-13/h3-10,20H,1-2H3,(H,19,21). The molecule has 0 spiro atoms. The van der Waals surface area contributed by atoms with Crippen LogP contribution in [0.15, 0.2) is 47.4 Å². The fourth-order valence-corrected chi connectivity index (χ4v) is 3.20. The number of hydrogen-bond donors (Lipinski definition) is 2. The number of anilines is 1. The number of benzene rings is 2. The molecule has 2 aromatic rings. The highest BCUT2D eigenvalue weighted by atomic mass is 35.5. The molecule has 2 aromatic carbocycles. The summed E-state index contributed by atoms with van der Waals surface area (Å²) in [5.41, 5.74) is 0.335. The second-order valence-corrected chi connectivity index (χ2v) is 7.47. The van der Waals surface area contributed by atoms with Gasteiger partial charge >= 0.3 is 0 Å². The Morgan fingerprint density at radius 2 is 1.75 bits per heavy atom. The van der Waals surface area contributed by atoms with Crippen molar-refractivity contribution in [3.05, 3.63) is 58.9 Å². The number of halogens is 2. The number of carbonyl (C=O) groups is 1. The zero-order valence-electron chi connectivity index (χ0n) is 13.0. The van der Waals surface area contributed by atoms with E-state index in [1.165, 1.54) is 18.2 Å². The van der Waals surface area contributed by atoms with Gasteiger partial charge in [0.1, 0.15) is 5.82 Å². The van der Waals surface area contributed by atoms with Crippen molar-refractivity contribution in [3.8, 4) is 0 Å². The molecule has 0 aromatic heterocycles. The molecule has 0 saturated carbocycles. The Kier molecular flexibility index (Phi) is 5.46. The van der Waals surface area contributed by atoms with Crippen LogP contribution in [0.3, 0.4) is 0 Å².